The fourth-order valence-electron chi connectivity index (χ4n) is 3.86. The number of fused-ring (bicyclic) bond motifs is 1. The smallest absolute Gasteiger partial charge is 0.309 e. The first-order valence-corrected chi connectivity index (χ1v) is 10.9. The highest BCUT2D eigenvalue weighted by Crippen LogP contribution is 2.27. The number of para-hydroxylation sites is 3. The second-order valence-electron chi connectivity index (χ2n) is 7.93. The van der Waals surface area contributed by atoms with Gasteiger partial charge in [-0.15, -0.1) is 0 Å². The SMILES string of the molecule is NC(=O)CCN(C(=O)COC(=O)C1CCN(c2nc3ccccc3o2)CC1)c1ccccc1. The summed E-state index contributed by atoms with van der Waals surface area (Å²) in [4.78, 5) is 44.4. The maximum atomic E-state index is 12.7. The van der Waals surface area contributed by atoms with Crippen LogP contribution in [0.25, 0.3) is 11.1 Å². The van der Waals surface area contributed by atoms with Gasteiger partial charge in [-0.05, 0) is 37.1 Å². The first kappa shape index (κ1) is 22.3. The molecule has 0 unspecified atom stereocenters. The zero-order valence-electron chi connectivity index (χ0n) is 18.2. The molecular weight excluding hydrogens is 424 g/mol. The number of esters is 1. The fourth-order valence-corrected chi connectivity index (χ4v) is 3.86. The van der Waals surface area contributed by atoms with Crippen LogP contribution in [0.1, 0.15) is 19.3 Å². The molecule has 33 heavy (non-hydrogen) atoms. The predicted molar refractivity (Wildman–Crippen MR) is 123 cm³/mol. The lowest BCUT2D eigenvalue weighted by Gasteiger charge is -2.29. The number of hydrogen-bond donors (Lipinski definition) is 1. The maximum absolute atomic E-state index is 12.7. The van der Waals surface area contributed by atoms with Crippen molar-refractivity contribution in [3.8, 4) is 0 Å². The molecule has 0 bridgehead atoms. The average Bonchev–Trinajstić information content (AvgIpc) is 3.27. The Morgan fingerprint density at radius 3 is 2.45 bits per heavy atom. The summed E-state index contributed by atoms with van der Waals surface area (Å²) in [6.45, 7) is 0.945. The largest absolute Gasteiger partial charge is 0.455 e. The van der Waals surface area contributed by atoms with E-state index in [9.17, 15) is 14.4 Å². The summed E-state index contributed by atoms with van der Waals surface area (Å²) in [6.07, 6.45) is 1.18. The van der Waals surface area contributed by atoms with E-state index in [-0.39, 0.29) is 18.9 Å². The zero-order chi connectivity index (χ0) is 23.2. The Kier molecular flexibility index (Phi) is 6.87. The van der Waals surface area contributed by atoms with Gasteiger partial charge in [0.25, 0.3) is 11.9 Å². The summed E-state index contributed by atoms with van der Waals surface area (Å²) in [7, 11) is 0. The van der Waals surface area contributed by atoms with Gasteiger partial charge in [0.1, 0.15) is 5.52 Å². The molecular formula is C24H26N4O5. The van der Waals surface area contributed by atoms with Gasteiger partial charge < -0.3 is 24.7 Å². The number of carbonyl (C=O) groups excluding carboxylic acids is 3. The molecule has 4 rings (SSSR count). The molecule has 1 aromatic heterocycles. The monoisotopic (exact) mass is 450 g/mol. The van der Waals surface area contributed by atoms with Crippen LogP contribution in [0.2, 0.25) is 0 Å². The molecule has 1 saturated heterocycles. The molecule has 0 atom stereocenters. The van der Waals surface area contributed by atoms with E-state index < -0.39 is 24.4 Å². The lowest BCUT2D eigenvalue weighted by atomic mass is 9.97. The predicted octanol–water partition coefficient (Wildman–Crippen LogP) is 2.50. The Labute approximate surface area is 191 Å². The number of nitrogens with zero attached hydrogens (tertiary/aromatic N) is 3. The van der Waals surface area contributed by atoms with E-state index >= 15 is 0 Å². The van der Waals surface area contributed by atoms with Crippen LogP contribution in [0.15, 0.2) is 59.0 Å². The number of anilines is 2. The zero-order valence-corrected chi connectivity index (χ0v) is 18.2. The molecule has 2 heterocycles. The van der Waals surface area contributed by atoms with Crippen molar-refractivity contribution < 1.29 is 23.5 Å². The summed E-state index contributed by atoms with van der Waals surface area (Å²) in [6, 6.07) is 17.0. The number of ether oxygens (including phenoxy) is 1. The quantitative estimate of drug-likeness (QED) is 0.524. The molecule has 0 spiro atoms. The average molecular weight is 450 g/mol. The molecule has 9 heteroatoms. The highest BCUT2D eigenvalue weighted by Gasteiger charge is 2.29. The molecule has 2 aromatic carbocycles. The maximum Gasteiger partial charge on any atom is 0.309 e. The summed E-state index contributed by atoms with van der Waals surface area (Å²) in [5.41, 5.74) is 7.38. The van der Waals surface area contributed by atoms with Crippen molar-refractivity contribution in [1.82, 2.24) is 4.98 Å². The molecule has 1 aliphatic rings. The highest BCUT2D eigenvalue weighted by molar-refractivity contribution is 5.95. The van der Waals surface area contributed by atoms with E-state index in [0.717, 1.165) is 11.1 Å². The number of rotatable bonds is 8. The number of piperidine rings is 1. The third-order valence-corrected chi connectivity index (χ3v) is 5.67. The molecule has 9 nitrogen and oxygen atoms in total. The van der Waals surface area contributed by atoms with Gasteiger partial charge in [0.15, 0.2) is 12.2 Å². The van der Waals surface area contributed by atoms with Gasteiger partial charge in [0.05, 0.1) is 5.92 Å². The number of benzene rings is 2. The third-order valence-electron chi connectivity index (χ3n) is 5.67. The van der Waals surface area contributed by atoms with Crippen LogP contribution < -0.4 is 15.5 Å². The minimum atomic E-state index is -0.508. The Morgan fingerprint density at radius 1 is 1.06 bits per heavy atom. The van der Waals surface area contributed by atoms with Crippen molar-refractivity contribution in [3.05, 3.63) is 54.6 Å². The lowest BCUT2D eigenvalue weighted by molar-refractivity contribution is -0.152. The molecule has 3 aromatic rings. The highest BCUT2D eigenvalue weighted by atomic mass is 16.5. The van der Waals surface area contributed by atoms with Crippen molar-refractivity contribution in [2.45, 2.75) is 19.3 Å². The molecule has 1 aliphatic heterocycles. The van der Waals surface area contributed by atoms with Crippen molar-refractivity contribution in [2.75, 3.05) is 36.0 Å². The van der Waals surface area contributed by atoms with E-state index in [0.29, 0.717) is 37.6 Å². The summed E-state index contributed by atoms with van der Waals surface area (Å²) in [5, 5.41) is 0. The van der Waals surface area contributed by atoms with E-state index in [1.54, 1.807) is 24.3 Å². The number of oxazole rings is 1. The molecule has 0 saturated carbocycles. The Balaban J connectivity index is 1.30. The van der Waals surface area contributed by atoms with Crippen LogP contribution in [0.4, 0.5) is 11.7 Å². The van der Waals surface area contributed by atoms with Crippen LogP contribution in [-0.2, 0) is 19.1 Å². The van der Waals surface area contributed by atoms with E-state index in [1.165, 1.54) is 4.90 Å². The summed E-state index contributed by atoms with van der Waals surface area (Å²) < 4.78 is 11.1. The second-order valence-corrected chi connectivity index (χ2v) is 7.93. The third kappa shape index (κ3) is 5.49. The van der Waals surface area contributed by atoms with Crippen LogP contribution in [-0.4, -0.2) is 49.0 Å². The number of amides is 2. The molecule has 0 radical (unpaired) electrons. The van der Waals surface area contributed by atoms with E-state index in [2.05, 4.69) is 4.98 Å². The van der Waals surface area contributed by atoms with Gasteiger partial charge in [-0.2, -0.15) is 4.98 Å². The molecule has 2 N–H and O–H groups in total. The first-order valence-electron chi connectivity index (χ1n) is 10.9. The van der Waals surface area contributed by atoms with Crippen molar-refractivity contribution in [1.29, 1.82) is 0 Å². The van der Waals surface area contributed by atoms with Gasteiger partial charge in [-0.3, -0.25) is 14.4 Å². The van der Waals surface area contributed by atoms with Gasteiger partial charge in [0, 0.05) is 31.7 Å². The molecule has 172 valence electrons. The number of carbonyl (C=O) groups is 3. The van der Waals surface area contributed by atoms with Gasteiger partial charge in [-0.1, -0.05) is 30.3 Å². The van der Waals surface area contributed by atoms with Gasteiger partial charge >= 0.3 is 5.97 Å². The number of aromatic nitrogens is 1. The number of nitrogens with two attached hydrogens (primary N) is 1. The minimum absolute atomic E-state index is 0.0167. The van der Waals surface area contributed by atoms with Crippen molar-refractivity contribution in [2.24, 2.45) is 11.7 Å². The van der Waals surface area contributed by atoms with E-state index in [4.69, 9.17) is 14.9 Å². The Bertz CT molecular complexity index is 1090. The Hall–Kier alpha value is -3.88. The van der Waals surface area contributed by atoms with Crippen molar-refractivity contribution in [3.63, 3.8) is 0 Å². The summed E-state index contributed by atoms with van der Waals surface area (Å²) >= 11 is 0. The molecule has 1 fully saturated rings. The van der Waals surface area contributed by atoms with Crippen LogP contribution >= 0.6 is 0 Å². The standard InChI is InChI=1S/C24H26N4O5/c25-21(29)12-15-28(18-6-2-1-3-7-18)22(30)16-32-23(31)17-10-13-27(14-11-17)24-26-19-8-4-5-9-20(19)33-24/h1-9,17H,10-16H2,(H2,25,29). The first-order chi connectivity index (χ1) is 16.0. The molecule has 0 aliphatic carbocycles. The Morgan fingerprint density at radius 2 is 1.76 bits per heavy atom. The second kappa shape index (κ2) is 10.2. The van der Waals surface area contributed by atoms with E-state index in [1.807, 2.05) is 35.2 Å². The summed E-state index contributed by atoms with van der Waals surface area (Å²) in [5.74, 6) is -1.61. The topological polar surface area (TPSA) is 119 Å². The van der Waals surface area contributed by atoms with Crippen molar-refractivity contribution >= 4 is 40.6 Å². The lowest BCUT2D eigenvalue weighted by Crippen LogP contribution is -2.40. The van der Waals surface area contributed by atoms with Gasteiger partial charge in [-0.25, -0.2) is 0 Å². The van der Waals surface area contributed by atoms with Gasteiger partial charge in [0.2, 0.25) is 5.91 Å². The van der Waals surface area contributed by atoms with Crippen LogP contribution in [0.5, 0.6) is 0 Å². The fraction of sp³-hybridized carbons (Fsp3) is 0.333. The minimum Gasteiger partial charge on any atom is -0.455 e. The van der Waals surface area contributed by atoms with Crippen LogP contribution in [0, 0.1) is 5.92 Å². The number of primary amides is 1. The molecule has 2 amide bonds. The van der Waals surface area contributed by atoms with Crippen LogP contribution in [0.3, 0.4) is 0 Å². The normalized spacial score (nSPS) is 14.2. The number of hydrogen-bond acceptors (Lipinski definition) is 7.